The third-order valence-electron chi connectivity index (χ3n) is 5.61. The van der Waals surface area contributed by atoms with E-state index in [0.717, 1.165) is 28.2 Å². The fourth-order valence-electron chi connectivity index (χ4n) is 4.33. The molecular weight excluding hydrogens is 369 g/mol. The van der Waals surface area contributed by atoms with Crippen LogP contribution in [0.5, 0.6) is 0 Å². The van der Waals surface area contributed by atoms with Crippen LogP contribution in [0, 0.1) is 5.82 Å². The van der Waals surface area contributed by atoms with Crippen molar-refractivity contribution < 1.29 is 9.18 Å². The number of amides is 1. The molecule has 2 unspecified atom stereocenters. The molecule has 2 aromatic carbocycles. The molecular formula is C22H20FN5O. The van der Waals surface area contributed by atoms with Gasteiger partial charge in [-0.2, -0.15) is 5.10 Å². The second-order valence-electron chi connectivity index (χ2n) is 7.18. The Labute approximate surface area is 167 Å². The Hall–Kier alpha value is -3.48. The summed E-state index contributed by atoms with van der Waals surface area (Å²) in [5.74, 6) is 0.273. The molecule has 0 radical (unpaired) electrons. The van der Waals surface area contributed by atoms with Crippen LogP contribution in [0.2, 0.25) is 0 Å². The molecule has 5 rings (SSSR count). The Morgan fingerprint density at radius 3 is 2.83 bits per heavy atom. The van der Waals surface area contributed by atoms with E-state index in [1.165, 1.54) is 12.1 Å². The van der Waals surface area contributed by atoms with Crippen molar-refractivity contribution in [3.8, 4) is 0 Å². The third-order valence-corrected chi connectivity index (χ3v) is 5.61. The number of carbonyl (C=O) groups is 1. The lowest BCUT2D eigenvalue weighted by molar-refractivity contribution is 0.0958. The van der Waals surface area contributed by atoms with Crippen LogP contribution < -0.4 is 10.6 Å². The smallest absolute Gasteiger partial charge is 0.252 e. The predicted molar refractivity (Wildman–Crippen MR) is 108 cm³/mol. The molecule has 2 aliphatic rings. The fourth-order valence-corrected chi connectivity index (χ4v) is 4.33. The highest BCUT2D eigenvalue weighted by Crippen LogP contribution is 2.50. The summed E-state index contributed by atoms with van der Waals surface area (Å²) in [5, 5.41) is 10.9. The molecule has 0 fully saturated rings. The number of hydrogen-bond donors (Lipinski definition) is 2. The normalized spacial score (nSPS) is 20.2. The van der Waals surface area contributed by atoms with E-state index in [1.54, 1.807) is 18.5 Å². The van der Waals surface area contributed by atoms with E-state index >= 15 is 0 Å². The van der Waals surface area contributed by atoms with Crippen LogP contribution in [-0.4, -0.2) is 27.2 Å². The zero-order chi connectivity index (χ0) is 20.0. The molecule has 2 aliphatic heterocycles. The average Bonchev–Trinajstić information content (AvgIpc) is 3.14. The average molecular weight is 389 g/mol. The first-order valence-corrected chi connectivity index (χ1v) is 9.68. The molecule has 6 nitrogen and oxygen atoms in total. The molecule has 0 bridgehead atoms. The van der Waals surface area contributed by atoms with Gasteiger partial charge in [0.05, 0.1) is 12.0 Å². The summed E-state index contributed by atoms with van der Waals surface area (Å²) in [4.78, 5) is 17.2. The lowest BCUT2D eigenvalue weighted by atomic mass is 9.77. The van der Waals surface area contributed by atoms with Crippen molar-refractivity contribution in [3.05, 3.63) is 83.2 Å². The van der Waals surface area contributed by atoms with E-state index in [9.17, 15) is 9.18 Å². The topological polar surface area (TPSA) is 71.8 Å². The lowest BCUT2D eigenvalue weighted by Crippen LogP contribution is -2.29. The summed E-state index contributed by atoms with van der Waals surface area (Å²) in [7, 11) is 0. The maximum atomic E-state index is 13.6. The SMILES string of the molecule is CCn1ncnc1C1C2=CCNC(=O)c3cccc(c32)NC1c1ccc(F)cc1. The molecule has 2 atom stereocenters. The van der Waals surface area contributed by atoms with Gasteiger partial charge < -0.3 is 10.6 Å². The highest BCUT2D eigenvalue weighted by atomic mass is 19.1. The van der Waals surface area contributed by atoms with Crippen LogP contribution in [0.1, 0.15) is 46.2 Å². The van der Waals surface area contributed by atoms with Gasteiger partial charge in [0.15, 0.2) is 0 Å². The molecule has 29 heavy (non-hydrogen) atoms. The number of benzene rings is 2. The van der Waals surface area contributed by atoms with Gasteiger partial charge in [0.25, 0.3) is 5.91 Å². The molecule has 0 spiro atoms. The van der Waals surface area contributed by atoms with Crippen LogP contribution in [0.3, 0.4) is 0 Å². The van der Waals surface area contributed by atoms with Gasteiger partial charge in [-0.05, 0) is 42.3 Å². The standard InChI is InChI=1S/C22H20FN5O/c1-2-28-21(25-12-26-28)19-15-10-11-24-22(29)16-4-3-5-17(18(15)16)27-20(19)13-6-8-14(23)9-7-13/h3-10,12,19-20,27H,2,11H2,1H3,(H,24,29). The first-order valence-electron chi connectivity index (χ1n) is 9.68. The molecule has 146 valence electrons. The monoisotopic (exact) mass is 389 g/mol. The molecule has 7 heteroatoms. The van der Waals surface area contributed by atoms with Crippen LogP contribution in [-0.2, 0) is 6.54 Å². The minimum absolute atomic E-state index is 0.0918. The van der Waals surface area contributed by atoms with Crippen LogP contribution in [0.4, 0.5) is 10.1 Å². The summed E-state index contributed by atoms with van der Waals surface area (Å²) < 4.78 is 15.5. The van der Waals surface area contributed by atoms with E-state index in [0.29, 0.717) is 18.7 Å². The number of aromatic nitrogens is 3. The van der Waals surface area contributed by atoms with Crippen molar-refractivity contribution in [2.45, 2.75) is 25.4 Å². The quantitative estimate of drug-likeness (QED) is 0.719. The van der Waals surface area contributed by atoms with Gasteiger partial charge in [-0.3, -0.25) is 4.79 Å². The van der Waals surface area contributed by atoms with Gasteiger partial charge in [0.2, 0.25) is 0 Å². The number of anilines is 1. The maximum absolute atomic E-state index is 13.6. The zero-order valence-corrected chi connectivity index (χ0v) is 15.9. The number of hydrogen-bond acceptors (Lipinski definition) is 4. The van der Waals surface area contributed by atoms with Crippen molar-refractivity contribution >= 4 is 17.2 Å². The first-order chi connectivity index (χ1) is 14.2. The van der Waals surface area contributed by atoms with Crippen molar-refractivity contribution in [1.29, 1.82) is 0 Å². The van der Waals surface area contributed by atoms with Crippen LogP contribution in [0.25, 0.3) is 5.57 Å². The highest BCUT2D eigenvalue weighted by Gasteiger charge is 2.39. The van der Waals surface area contributed by atoms with E-state index in [2.05, 4.69) is 26.8 Å². The molecule has 3 heterocycles. The van der Waals surface area contributed by atoms with E-state index in [1.807, 2.05) is 29.8 Å². The van der Waals surface area contributed by atoms with E-state index in [-0.39, 0.29) is 23.7 Å². The molecule has 2 N–H and O–H groups in total. The second kappa shape index (κ2) is 6.84. The third kappa shape index (κ3) is 2.81. The van der Waals surface area contributed by atoms with Gasteiger partial charge in [-0.25, -0.2) is 14.1 Å². The van der Waals surface area contributed by atoms with Gasteiger partial charge in [-0.15, -0.1) is 0 Å². The number of aryl methyl sites for hydroxylation is 1. The largest absolute Gasteiger partial charge is 0.377 e. The number of rotatable bonds is 3. The summed E-state index contributed by atoms with van der Waals surface area (Å²) >= 11 is 0. The Morgan fingerprint density at radius 1 is 1.21 bits per heavy atom. The molecule has 3 aromatic rings. The lowest BCUT2D eigenvalue weighted by Gasteiger charge is -2.37. The van der Waals surface area contributed by atoms with Crippen LogP contribution >= 0.6 is 0 Å². The number of carbonyl (C=O) groups excluding carboxylic acids is 1. The highest BCUT2D eigenvalue weighted by molar-refractivity contribution is 6.04. The first kappa shape index (κ1) is 17.6. The van der Waals surface area contributed by atoms with Crippen molar-refractivity contribution in [2.24, 2.45) is 0 Å². The van der Waals surface area contributed by atoms with Gasteiger partial charge in [0, 0.05) is 29.9 Å². The summed E-state index contributed by atoms with van der Waals surface area (Å²) in [6.07, 6.45) is 3.62. The zero-order valence-electron chi connectivity index (χ0n) is 15.9. The van der Waals surface area contributed by atoms with Crippen molar-refractivity contribution in [2.75, 3.05) is 11.9 Å². The van der Waals surface area contributed by atoms with E-state index < -0.39 is 0 Å². The second-order valence-corrected chi connectivity index (χ2v) is 7.18. The van der Waals surface area contributed by atoms with Crippen molar-refractivity contribution in [3.63, 3.8) is 0 Å². The molecule has 0 saturated carbocycles. The summed E-state index contributed by atoms with van der Waals surface area (Å²) in [6, 6.07) is 12.0. The summed E-state index contributed by atoms with van der Waals surface area (Å²) in [5.41, 5.74) is 4.41. The number of nitrogens with zero attached hydrogens (tertiary/aromatic N) is 3. The fraction of sp³-hybridized carbons (Fsp3) is 0.227. The van der Waals surface area contributed by atoms with E-state index in [4.69, 9.17) is 0 Å². The van der Waals surface area contributed by atoms with Gasteiger partial charge >= 0.3 is 0 Å². The van der Waals surface area contributed by atoms with Gasteiger partial charge in [-0.1, -0.05) is 24.3 Å². The van der Waals surface area contributed by atoms with Gasteiger partial charge in [0.1, 0.15) is 18.0 Å². The predicted octanol–water partition coefficient (Wildman–Crippen LogP) is 3.51. The molecule has 1 amide bonds. The Kier molecular flexibility index (Phi) is 4.16. The minimum Gasteiger partial charge on any atom is -0.377 e. The Bertz CT molecular complexity index is 1120. The Morgan fingerprint density at radius 2 is 2.03 bits per heavy atom. The molecule has 0 saturated heterocycles. The number of nitrogens with one attached hydrogen (secondary N) is 2. The maximum Gasteiger partial charge on any atom is 0.252 e. The molecule has 1 aromatic heterocycles. The molecule has 0 aliphatic carbocycles. The number of halogens is 1. The minimum atomic E-state index is -0.274. The van der Waals surface area contributed by atoms with Crippen LogP contribution in [0.15, 0.2) is 54.9 Å². The van der Waals surface area contributed by atoms with Crippen molar-refractivity contribution in [1.82, 2.24) is 20.1 Å². The summed E-state index contributed by atoms with van der Waals surface area (Å²) in [6.45, 7) is 3.14. The Balaban J connectivity index is 1.76.